The van der Waals surface area contributed by atoms with Crippen molar-refractivity contribution in [3.63, 3.8) is 0 Å². The number of hydrogen-bond acceptors (Lipinski definition) is 3. The summed E-state index contributed by atoms with van der Waals surface area (Å²) in [5.74, 6) is -0.642. The fourth-order valence-corrected chi connectivity index (χ4v) is 2.52. The van der Waals surface area contributed by atoms with Gasteiger partial charge in [-0.2, -0.15) is 0 Å². The number of nitrogens with zero attached hydrogens (tertiary/aromatic N) is 3. The topological polar surface area (TPSA) is 76.6 Å². The maximum absolute atomic E-state index is 12.2. The Morgan fingerprint density at radius 2 is 1.95 bits per heavy atom. The molecule has 0 aliphatic rings. The average Bonchev–Trinajstić information content (AvgIpc) is 2.93. The van der Waals surface area contributed by atoms with E-state index in [4.69, 9.17) is 0 Å². The molecule has 0 radical (unpaired) electrons. The van der Waals surface area contributed by atoms with Gasteiger partial charge < -0.3 is 9.67 Å². The molecule has 0 aliphatic carbocycles. The average molecular weight is 297 g/mol. The maximum Gasteiger partial charge on any atom is 0.326 e. The standard InChI is InChI=1S/C16H15N3O3/c1-10-8-14(20)18-9-13(12-6-4-3-5-7-12)17-16(18)19(10)11(2)15(21)22/h3-9,11H,1-2H3,(H,21,22)/t11-/m0/s1. The lowest BCUT2D eigenvalue weighted by Crippen LogP contribution is -2.24. The van der Waals surface area contributed by atoms with Crippen molar-refractivity contribution in [2.75, 3.05) is 0 Å². The molecule has 6 heteroatoms. The van der Waals surface area contributed by atoms with Gasteiger partial charge in [0.15, 0.2) is 0 Å². The molecule has 0 aliphatic heterocycles. The molecule has 3 aromatic rings. The second-order valence-corrected chi connectivity index (χ2v) is 5.17. The number of carbonyl (C=O) groups is 1. The van der Waals surface area contributed by atoms with Crippen molar-refractivity contribution in [2.45, 2.75) is 19.9 Å². The monoisotopic (exact) mass is 297 g/mol. The van der Waals surface area contributed by atoms with E-state index in [2.05, 4.69) is 4.98 Å². The van der Waals surface area contributed by atoms with E-state index in [-0.39, 0.29) is 5.56 Å². The fourth-order valence-electron chi connectivity index (χ4n) is 2.52. The van der Waals surface area contributed by atoms with E-state index < -0.39 is 12.0 Å². The second-order valence-electron chi connectivity index (χ2n) is 5.17. The molecule has 1 atom stereocenters. The molecule has 112 valence electrons. The van der Waals surface area contributed by atoms with Crippen LogP contribution in [-0.4, -0.2) is 25.0 Å². The summed E-state index contributed by atoms with van der Waals surface area (Å²) in [6.07, 6.45) is 1.64. The van der Waals surface area contributed by atoms with Gasteiger partial charge in [0, 0.05) is 23.5 Å². The third-order valence-corrected chi connectivity index (χ3v) is 3.67. The van der Waals surface area contributed by atoms with Gasteiger partial charge in [-0.05, 0) is 13.8 Å². The van der Waals surface area contributed by atoms with Gasteiger partial charge in [-0.1, -0.05) is 30.3 Å². The number of carboxylic acids is 1. The molecular weight excluding hydrogens is 282 g/mol. The molecule has 0 unspecified atom stereocenters. The van der Waals surface area contributed by atoms with E-state index >= 15 is 0 Å². The Morgan fingerprint density at radius 3 is 2.59 bits per heavy atom. The minimum atomic E-state index is -0.974. The summed E-state index contributed by atoms with van der Waals surface area (Å²) in [5, 5.41) is 9.28. The number of rotatable bonds is 3. The normalized spacial score (nSPS) is 12.5. The number of hydrogen-bond donors (Lipinski definition) is 1. The molecule has 0 spiro atoms. The first-order valence-electron chi connectivity index (χ1n) is 6.88. The van der Waals surface area contributed by atoms with Crippen molar-refractivity contribution in [3.8, 4) is 11.3 Å². The minimum absolute atomic E-state index is 0.226. The van der Waals surface area contributed by atoms with Crippen LogP contribution in [0.5, 0.6) is 0 Å². The zero-order valence-electron chi connectivity index (χ0n) is 12.2. The highest BCUT2D eigenvalue weighted by atomic mass is 16.4. The van der Waals surface area contributed by atoms with Crippen molar-refractivity contribution in [1.29, 1.82) is 0 Å². The first-order valence-corrected chi connectivity index (χ1v) is 6.88. The molecule has 2 aromatic heterocycles. The largest absolute Gasteiger partial charge is 0.480 e. The molecule has 0 bridgehead atoms. The summed E-state index contributed by atoms with van der Waals surface area (Å²) in [7, 11) is 0. The Bertz CT molecular complexity index is 910. The molecule has 1 N–H and O–H groups in total. The Morgan fingerprint density at radius 1 is 1.27 bits per heavy atom. The van der Waals surface area contributed by atoms with Gasteiger partial charge >= 0.3 is 5.97 Å². The third kappa shape index (κ3) is 2.18. The number of benzene rings is 1. The maximum atomic E-state index is 12.2. The van der Waals surface area contributed by atoms with E-state index in [9.17, 15) is 14.7 Å². The van der Waals surface area contributed by atoms with Crippen LogP contribution in [0.3, 0.4) is 0 Å². The van der Waals surface area contributed by atoms with E-state index in [1.807, 2.05) is 30.3 Å². The van der Waals surface area contributed by atoms with Crippen LogP contribution in [0.4, 0.5) is 0 Å². The summed E-state index contributed by atoms with van der Waals surface area (Å²) in [6, 6.07) is 10.1. The fraction of sp³-hybridized carbons (Fsp3) is 0.188. The third-order valence-electron chi connectivity index (χ3n) is 3.67. The number of aliphatic carboxylic acids is 1. The van der Waals surface area contributed by atoms with Crippen molar-refractivity contribution >= 4 is 11.7 Å². The summed E-state index contributed by atoms with van der Waals surface area (Å²) < 4.78 is 2.94. The highest BCUT2D eigenvalue weighted by Gasteiger charge is 2.20. The predicted octanol–water partition coefficient (Wildman–Crippen LogP) is 2.12. The lowest BCUT2D eigenvalue weighted by Gasteiger charge is -2.15. The van der Waals surface area contributed by atoms with Crippen molar-refractivity contribution in [3.05, 3.63) is 58.6 Å². The van der Waals surface area contributed by atoms with Crippen LogP contribution in [0.2, 0.25) is 0 Å². The minimum Gasteiger partial charge on any atom is -0.480 e. The summed E-state index contributed by atoms with van der Waals surface area (Å²) in [6.45, 7) is 3.27. The Hall–Kier alpha value is -2.89. The number of aromatic nitrogens is 3. The number of aryl methyl sites for hydroxylation is 1. The molecular formula is C16H15N3O3. The SMILES string of the molecule is Cc1cc(=O)n2cc(-c3ccccc3)nc2n1[C@@H](C)C(=O)O. The number of imidazole rings is 1. The van der Waals surface area contributed by atoms with Crippen molar-refractivity contribution in [1.82, 2.24) is 14.0 Å². The molecule has 0 saturated carbocycles. The molecule has 3 rings (SSSR count). The molecule has 0 saturated heterocycles. The van der Waals surface area contributed by atoms with E-state index in [1.165, 1.54) is 10.5 Å². The second kappa shape index (κ2) is 5.14. The highest BCUT2D eigenvalue weighted by Crippen LogP contribution is 2.20. The van der Waals surface area contributed by atoms with Crippen molar-refractivity contribution < 1.29 is 9.90 Å². The molecule has 1 aromatic carbocycles. The number of carboxylic acid groups (broad SMARTS) is 1. The Kier molecular flexibility index (Phi) is 3.29. The molecule has 0 fully saturated rings. The summed E-state index contributed by atoms with van der Waals surface area (Å²) in [4.78, 5) is 27.9. The summed E-state index contributed by atoms with van der Waals surface area (Å²) >= 11 is 0. The van der Waals surface area contributed by atoms with Gasteiger partial charge in [-0.15, -0.1) is 0 Å². The molecule has 22 heavy (non-hydrogen) atoms. The van der Waals surface area contributed by atoms with Crippen LogP contribution in [0, 0.1) is 6.92 Å². The van der Waals surface area contributed by atoms with Gasteiger partial charge in [0.1, 0.15) is 6.04 Å². The van der Waals surface area contributed by atoms with Crippen LogP contribution in [0.25, 0.3) is 17.0 Å². The smallest absolute Gasteiger partial charge is 0.326 e. The van der Waals surface area contributed by atoms with Crippen LogP contribution in [0.15, 0.2) is 47.4 Å². The number of fused-ring (bicyclic) bond motifs is 1. The molecule has 0 amide bonds. The quantitative estimate of drug-likeness (QED) is 0.803. The van der Waals surface area contributed by atoms with Crippen LogP contribution in [-0.2, 0) is 4.79 Å². The van der Waals surface area contributed by atoms with E-state index in [0.29, 0.717) is 17.2 Å². The van der Waals surface area contributed by atoms with Gasteiger partial charge in [-0.3, -0.25) is 9.20 Å². The molecule has 6 nitrogen and oxygen atoms in total. The Labute approximate surface area is 126 Å². The van der Waals surface area contributed by atoms with E-state index in [0.717, 1.165) is 5.56 Å². The zero-order valence-corrected chi connectivity index (χ0v) is 12.2. The lowest BCUT2D eigenvalue weighted by molar-refractivity contribution is -0.140. The van der Waals surface area contributed by atoms with Crippen LogP contribution in [0.1, 0.15) is 18.7 Å². The lowest BCUT2D eigenvalue weighted by atomic mass is 10.2. The summed E-state index contributed by atoms with van der Waals surface area (Å²) in [5.41, 5.74) is 1.85. The van der Waals surface area contributed by atoms with Crippen LogP contribution >= 0.6 is 0 Å². The highest BCUT2D eigenvalue weighted by molar-refractivity contribution is 5.72. The first kappa shape index (κ1) is 14.1. The van der Waals surface area contributed by atoms with Gasteiger partial charge in [0.05, 0.1) is 5.69 Å². The molecule has 2 heterocycles. The zero-order chi connectivity index (χ0) is 15.9. The van der Waals surface area contributed by atoms with Crippen LogP contribution < -0.4 is 5.56 Å². The Balaban J connectivity index is 2.31. The van der Waals surface area contributed by atoms with E-state index in [1.54, 1.807) is 24.6 Å². The van der Waals surface area contributed by atoms with Gasteiger partial charge in [0.25, 0.3) is 5.56 Å². The first-order chi connectivity index (χ1) is 10.5. The van der Waals surface area contributed by atoms with Gasteiger partial charge in [-0.25, -0.2) is 9.78 Å². The van der Waals surface area contributed by atoms with Gasteiger partial charge in [0.2, 0.25) is 5.78 Å². The predicted molar refractivity (Wildman–Crippen MR) is 82.0 cm³/mol. The van der Waals surface area contributed by atoms with Crippen molar-refractivity contribution in [2.24, 2.45) is 0 Å².